The summed E-state index contributed by atoms with van der Waals surface area (Å²) in [6.07, 6.45) is 1.60. The van der Waals surface area contributed by atoms with Crippen LogP contribution in [0.25, 0.3) is 0 Å². The lowest BCUT2D eigenvalue weighted by Crippen LogP contribution is -2.38. The highest BCUT2D eigenvalue weighted by atomic mass is 16.5. The number of carboxylic acids is 2. The fraction of sp³-hybridized carbons (Fsp3) is 0.333. The number of allylic oxidation sites excluding steroid dienone is 1. The standard InChI is InChI=1S/C18H20O5/c1-3-23-15-9-14(16(19)20)11-18(12(15)2,17(21)22)10-13-7-5-4-6-8-13/h4-9H,3,10-11H2,1-2H3,(H,19,20)(H,21,22). The summed E-state index contributed by atoms with van der Waals surface area (Å²) in [5.41, 5.74) is 0.142. The first kappa shape index (κ1) is 16.8. The molecule has 0 amide bonds. The zero-order chi connectivity index (χ0) is 17.0. The molecule has 23 heavy (non-hydrogen) atoms. The van der Waals surface area contributed by atoms with E-state index in [1.165, 1.54) is 6.08 Å². The molecular weight excluding hydrogens is 296 g/mol. The van der Waals surface area contributed by atoms with Crippen LogP contribution in [-0.2, 0) is 20.7 Å². The highest BCUT2D eigenvalue weighted by molar-refractivity contribution is 5.91. The maximum Gasteiger partial charge on any atom is 0.331 e. The van der Waals surface area contributed by atoms with E-state index in [1.807, 2.05) is 30.3 Å². The van der Waals surface area contributed by atoms with Gasteiger partial charge in [-0.3, -0.25) is 4.79 Å². The van der Waals surface area contributed by atoms with Crippen LogP contribution < -0.4 is 0 Å². The third kappa shape index (κ3) is 3.28. The van der Waals surface area contributed by atoms with E-state index >= 15 is 0 Å². The molecule has 1 atom stereocenters. The molecule has 0 saturated carbocycles. The van der Waals surface area contributed by atoms with E-state index in [0.717, 1.165) is 5.56 Å². The van der Waals surface area contributed by atoms with E-state index < -0.39 is 17.4 Å². The number of carboxylic acid groups (broad SMARTS) is 2. The molecule has 0 aliphatic heterocycles. The highest BCUT2D eigenvalue weighted by Crippen LogP contribution is 2.43. The van der Waals surface area contributed by atoms with Crippen LogP contribution in [0.4, 0.5) is 0 Å². The summed E-state index contributed by atoms with van der Waals surface area (Å²) in [7, 11) is 0. The molecule has 0 saturated heterocycles. The van der Waals surface area contributed by atoms with Crippen molar-refractivity contribution in [3.05, 3.63) is 58.9 Å². The molecule has 0 radical (unpaired) electrons. The third-order valence-corrected chi connectivity index (χ3v) is 4.22. The minimum Gasteiger partial charge on any atom is -0.494 e. The van der Waals surface area contributed by atoms with E-state index in [4.69, 9.17) is 4.74 Å². The molecule has 2 N–H and O–H groups in total. The number of aliphatic carboxylic acids is 2. The van der Waals surface area contributed by atoms with Crippen LogP contribution in [-0.4, -0.2) is 28.8 Å². The Kier molecular flexibility index (Phi) is 4.89. The molecule has 0 aromatic heterocycles. The first-order valence-electron chi connectivity index (χ1n) is 7.46. The topological polar surface area (TPSA) is 83.8 Å². The number of hydrogen-bond donors (Lipinski definition) is 2. The Morgan fingerprint density at radius 1 is 1.22 bits per heavy atom. The summed E-state index contributed by atoms with van der Waals surface area (Å²) in [6.45, 7) is 3.83. The minimum absolute atomic E-state index is 0.0531. The van der Waals surface area contributed by atoms with Crippen molar-refractivity contribution in [2.75, 3.05) is 6.61 Å². The normalized spacial score (nSPS) is 20.9. The fourth-order valence-corrected chi connectivity index (χ4v) is 2.90. The monoisotopic (exact) mass is 316 g/mol. The highest BCUT2D eigenvalue weighted by Gasteiger charge is 2.46. The van der Waals surface area contributed by atoms with Crippen LogP contribution >= 0.6 is 0 Å². The number of carbonyl (C=O) groups is 2. The molecule has 5 nitrogen and oxygen atoms in total. The largest absolute Gasteiger partial charge is 0.494 e. The maximum absolute atomic E-state index is 12.1. The predicted molar refractivity (Wildman–Crippen MR) is 84.9 cm³/mol. The van der Waals surface area contributed by atoms with Gasteiger partial charge in [0.2, 0.25) is 0 Å². The van der Waals surface area contributed by atoms with E-state index in [-0.39, 0.29) is 18.4 Å². The van der Waals surface area contributed by atoms with Gasteiger partial charge in [-0.05, 0) is 43.9 Å². The summed E-state index contributed by atoms with van der Waals surface area (Å²) >= 11 is 0. The quantitative estimate of drug-likeness (QED) is 0.843. The van der Waals surface area contributed by atoms with E-state index in [2.05, 4.69) is 0 Å². The molecule has 0 spiro atoms. The Labute approximate surface area is 134 Å². The first-order valence-corrected chi connectivity index (χ1v) is 7.46. The summed E-state index contributed by atoms with van der Waals surface area (Å²) in [5.74, 6) is -1.81. The van der Waals surface area contributed by atoms with Gasteiger partial charge in [-0.1, -0.05) is 30.3 Å². The van der Waals surface area contributed by atoms with Crippen molar-refractivity contribution in [2.45, 2.75) is 26.7 Å². The molecule has 1 aromatic rings. The molecule has 2 rings (SSSR count). The van der Waals surface area contributed by atoms with E-state index in [9.17, 15) is 19.8 Å². The van der Waals surface area contributed by atoms with Crippen molar-refractivity contribution < 1.29 is 24.5 Å². The number of rotatable bonds is 6. The molecule has 5 heteroatoms. The van der Waals surface area contributed by atoms with Gasteiger partial charge in [0.25, 0.3) is 0 Å². The van der Waals surface area contributed by atoms with Crippen molar-refractivity contribution in [2.24, 2.45) is 5.41 Å². The molecule has 1 aromatic carbocycles. The second kappa shape index (κ2) is 6.69. The van der Waals surface area contributed by atoms with E-state index in [1.54, 1.807) is 13.8 Å². The van der Waals surface area contributed by atoms with E-state index in [0.29, 0.717) is 17.9 Å². The average Bonchev–Trinajstić information content (AvgIpc) is 2.52. The van der Waals surface area contributed by atoms with Crippen LogP contribution in [0.3, 0.4) is 0 Å². The van der Waals surface area contributed by atoms with Gasteiger partial charge in [-0.2, -0.15) is 0 Å². The van der Waals surface area contributed by atoms with Crippen LogP contribution in [0.1, 0.15) is 25.8 Å². The van der Waals surface area contributed by atoms with Crippen LogP contribution in [0, 0.1) is 5.41 Å². The Hall–Kier alpha value is -2.56. The second-order valence-electron chi connectivity index (χ2n) is 5.62. The Morgan fingerprint density at radius 2 is 1.87 bits per heavy atom. The molecule has 1 unspecified atom stereocenters. The fourth-order valence-electron chi connectivity index (χ4n) is 2.90. The van der Waals surface area contributed by atoms with Crippen molar-refractivity contribution in [3.8, 4) is 0 Å². The van der Waals surface area contributed by atoms with Gasteiger partial charge in [0, 0.05) is 5.57 Å². The van der Waals surface area contributed by atoms with Crippen molar-refractivity contribution in [1.29, 1.82) is 0 Å². The lowest BCUT2D eigenvalue weighted by atomic mass is 9.68. The smallest absolute Gasteiger partial charge is 0.331 e. The van der Waals surface area contributed by atoms with Gasteiger partial charge in [0.1, 0.15) is 11.2 Å². The first-order chi connectivity index (χ1) is 10.9. The zero-order valence-electron chi connectivity index (χ0n) is 13.2. The Bertz CT molecular complexity index is 672. The van der Waals surface area contributed by atoms with Gasteiger partial charge < -0.3 is 14.9 Å². The van der Waals surface area contributed by atoms with Crippen LogP contribution in [0.15, 0.2) is 53.3 Å². The molecule has 0 fully saturated rings. The number of hydrogen-bond acceptors (Lipinski definition) is 3. The van der Waals surface area contributed by atoms with Gasteiger partial charge in [-0.25, -0.2) is 4.79 Å². The lowest BCUT2D eigenvalue weighted by Gasteiger charge is -2.35. The SMILES string of the molecule is CCOC1=C(C)C(Cc2ccccc2)(C(=O)O)CC(C(=O)O)=C1. The van der Waals surface area contributed by atoms with Crippen LogP contribution in [0.2, 0.25) is 0 Å². The molecule has 0 bridgehead atoms. The molecule has 1 aliphatic carbocycles. The second-order valence-corrected chi connectivity index (χ2v) is 5.62. The Balaban J connectivity index is 2.54. The van der Waals surface area contributed by atoms with Gasteiger partial charge >= 0.3 is 11.9 Å². The van der Waals surface area contributed by atoms with Crippen molar-refractivity contribution in [3.63, 3.8) is 0 Å². The number of benzene rings is 1. The summed E-state index contributed by atoms with van der Waals surface area (Å²) in [4.78, 5) is 23.5. The molecular formula is C18H20O5. The maximum atomic E-state index is 12.1. The average molecular weight is 316 g/mol. The van der Waals surface area contributed by atoms with Crippen LogP contribution in [0.5, 0.6) is 0 Å². The zero-order valence-corrected chi connectivity index (χ0v) is 13.2. The number of ether oxygens (including phenoxy) is 1. The van der Waals surface area contributed by atoms with Crippen molar-refractivity contribution >= 4 is 11.9 Å². The summed E-state index contributed by atoms with van der Waals surface area (Å²) < 4.78 is 5.50. The molecule has 122 valence electrons. The van der Waals surface area contributed by atoms with Crippen molar-refractivity contribution in [1.82, 2.24) is 0 Å². The van der Waals surface area contributed by atoms with Gasteiger partial charge in [-0.15, -0.1) is 0 Å². The van der Waals surface area contributed by atoms with Gasteiger partial charge in [0.15, 0.2) is 0 Å². The Morgan fingerprint density at radius 3 is 2.39 bits per heavy atom. The molecule has 1 aliphatic rings. The molecule has 0 heterocycles. The lowest BCUT2D eigenvalue weighted by molar-refractivity contribution is -0.147. The summed E-state index contributed by atoms with van der Waals surface area (Å²) in [6, 6.07) is 9.22. The summed E-state index contributed by atoms with van der Waals surface area (Å²) in [5, 5.41) is 19.2. The minimum atomic E-state index is -1.31. The van der Waals surface area contributed by atoms with Gasteiger partial charge in [0.05, 0.1) is 6.61 Å². The predicted octanol–water partition coefficient (Wildman–Crippen LogP) is 3.03. The third-order valence-electron chi connectivity index (χ3n) is 4.22.